The predicted molar refractivity (Wildman–Crippen MR) is 109 cm³/mol. The van der Waals surface area contributed by atoms with E-state index in [4.69, 9.17) is 0 Å². The van der Waals surface area contributed by atoms with E-state index >= 15 is 0 Å². The summed E-state index contributed by atoms with van der Waals surface area (Å²) >= 11 is 0. The molecule has 0 heterocycles. The van der Waals surface area contributed by atoms with Crippen molar-refractivity contribution in [2.75, 3.05) is 0 Å². The smallest absolute Gasteiger partial charge is 0.205 e. The first kappa shape index (κ1) is 20.2. The van der Waals surface area contributed by atoms with E-state index < -0.39 is 23.4 Å². The Morgan fingerprint density at radius 3 is 2.17 bits per heavy atom. The Hall–Kier alpha value is -3.13. The van der Waals surface area contributed by atoms with Gasteiger partial charge < -0.3 is 0 Å². The Labute approximate surface area is 171 Å². The van der Waals surface area contributed by atoms with Gasteiger partial charge in [-0.25, -0.2) is 8.78 Å². The third kappa shape index (κ3) is 4.23. The first-order valence-electron chi connectivity index (χ1n) is 9.63. The SMILES string of the molecule is Fc1cc2cc(-c3ccc(C4=CCCCC4)cc3)ccc2c(F)c1C#CC(F)(F)F. The van der Waals surface area contributed by atoms with E-state index in [2.05, 4.69) is 6.08 Å². The number of hydrogen-bond donors (Lipinski definition) is 0. The molecule has 0 bridgehead atoms. The fourth-order valence-corrected chi connectivity index (χ4v) is 3.73. The minimum Gasteiger partial charge on any atom is -0.205 e. The van der Waals surface area contributed by atoms with Crippen molar-refractivity contribution in [1.29, 1.82) is 0 Å². The van der Waals surface area contributed by atoms with Crippen LogP contribution >= 0.6 is 0 Å². The molecule has 3 aromatic rings. The highest BCUT2D eigenvalue weighted by molar-refractivity contribution is 5.89. The van der Waals surface area contributed by atoms with Crippen LogP contribution in [-0.2, 0) is 0 Å². The lowest BCUT2D eigenvalue weighted by Gasteiger charge is -2.13. The molecule has 0 nitrogen and oxygen atoms in total. The van der Waals surface area contributed by atoms with Crippen LogP contribution in [0.2, 0.25) is 0 Å². The predicted octanol–water partition coefficient (Wildman–Crippen LogP) is 7.66. The van der Waals surface area contributed by atoms with Gasteiger partial charge in [0.2, 0.25) is 0 Å². The van der Waals surface area contributed by atoms with Crippen LogP contribution in [0.25, 0.3) is 27.5 Å². The fraction of sp³-hybridized carbons (Fsp3) is 0.200. The van der Waals surface area contributed by atoms with Gasteiger partial charge in [-0.3, -0.25) is 0 Å². The first-order valence-corrected chi connectivity index (χ1v) is 9.63. The standard InChI is InChI=1S/C25H17F5/c26-23-15-20-14-19(10-11-21(20)24(27)22(23)12-13-25(28,29)30)18-8-6-17(7-9-18)16-4-2-1-3-5-16/h4,6-11,14-15H,1-3,5H2. The molecule has 0 spiro atoms. The second-order valence-corrected chi connectivity index (χ2v) is 7.28. The molecular formula is C25H17F5. The second-order valence-electron chi connectivity index (χ2n) is 7.28. The summed E-state index contributed by atoms with van der Waals surface area (Å²) in [6.45, 7) is 0. The lowest BCUT2D eigenvalue weighted by Crippen LogP contribution is -2.02. The van der Waals surface area contributed by atoms with Crippen LogP contribution in [0.1, 0.15) is 36.8 Å². The van der Waals surface area contributed by atoms with Crippen LogP contribution < -0.4 is 0 Å². The van der Waals surface area contributed by atoms with E-state index in [0.29, 0.717) is 0 Å². The number of benzene rings is 3. The lowest BCUT2D eigenvalue weighted by molar-refractivity contribution is -0.0696. The minimum atomic E-state index is -4.82. The van der Waals surface area contributed by atoms with E-state index in [9.17, 15) is 22.0 Å². The fourth-order valence-electron chi connectivity index (χ4n) is 3.73. The minimum absolute atomic E-state index is 0.0237. The van der Waals surface area contributed by atoms with Gasteiger partial charge in [-0.05, 0) is 65.5 Å². The summed E-state index contributed by atoms with van der Waals surface area (Å²) in [6.07, 6.45) is 2.00. The van der Waals surface area contributed by atoms with Gasteiger partial charge in [0.1, 0.15) is 11.6 Å². The molecule has 5 heteroatoms. The van der Waals surface area contributed by atoms with Crippen LogP contribution in [0.3, 0.4) is 0 Å². The number of alkyl halides is 3. The molecule has 0 unspecified atom stereocenters. The molecule has 0 fully saturated rings. The maximum Gasteiger partial charge on any atom is 0.458 e. The Kier molecular flexibility index (Phi) is 5.34. The van der Waals surface area contributed by atoms with E-state index in [1.807, 2.05) is 24.3 Å². The summed E-state index contributed by atoms with van der Waals surface area (Å²) in [7, 11) is 0. The quantitative estimate of drug-likeness (QED) is 0.299. The van der Waals surface area contributed by atoms with Crippen LogP contribution in [0.5, 0.6) is 0 Å². The van der Waals surface area contributed by atoms with Crippen LogP contribution in [0, 0.1) is 23.5 Å². The van der Waals surface area contributed by atoms with Crippen molar-refractivity contribution in [3.63, 3.8) is 0 Å². The normalized spacial score (nSPS) is 14.2. The highest BCUT2D eigenvalue weighted by Gasteiger charge is 2.24. The largest absolute Gasteiger partial charge is 0.458 e. The van der Waals surface area contributed by atoms with Crippen molar-refractivity contribution in [3.05, 3.63) is 77.4 Å². The van der Waals surface area contributed by atoms with Gasteiger partial charge >= 0.3 is 6.18 Å². The summed E-state index contributed by atoms with van der Waals surface area (Å²) in [5, 5.41) is 0.287. The molecule has 0 N–H and O–H groups in total. The monoisotopic (exact) mass is 412 g/mol. The molecule has 0 aromatic heterocycles. The average Bonchev–Trinajstić information content (AvgIpc) is 2.73. The van der Waals surface area contributed by atoms with Crippen LogP contribution in [0.15, 0.2) is 54.6 Å². The zero-order valence-electron chi connectivity index (χ0n) is 15.9. The molecular weight excluding hydrogens is 395 g/mol. The Morgan fingerprint density at radius 2 is 1.50 bits per heavy atom. The second kappa shape index (κ2) is 7.95. The zero-order valence-corrected chi connectivity index (χ0v) is 15.9. The molecule has 30 heavy (non-hydrogen) atoms. The highest BCUT2D eigenvalue weighted by Crippen LogP contribution is 2.31. The Morgan fingerprint density at radius 1 is 0.800 bits per heavy atom. The number of halogens is 5. The van der Waals surface area contributed by atoms with Gasteiger partial charge in [0.05, 0.1) is 5.56 Å². The van der Waals surface area contributed by atoms with Gasteiger partial charge in [0.25, 0.3) is 0 Å². The number of rotatable bonds is 2. The number of hydrogen-bond acceptors (Lipinski definition) is 0. The molecule has 0 amide bonds. The molecule has 0 saturated heterocycles. The van der Waals surface area contributed by atoms with Gasteiger partial charge in [-0.1, -0.05) is 48.4 Å². The van der Waals surface area contributed by atoms with Crippen molar-refractivity contribution < 1.29 is 22.0 Å². The van der Waals surface area contributed by atoms with Gasteiger partial charge in [0, 0.05) is 11.3 Å². The van der Waals surface area contributed by atoms with E-state index in [0.717, 1.165) is 36.0 Å². The molecule has 152 valence electrons. The lowest BCUT2D eigenvalue weighted by atomic mass is 9.92. The van der Waals surface area contributed by atoms with Crippen LogP contribution in [0.4, 0.5) is 22.0 Å². The van der Waals surface area contributed by atoms with Gasteiger partial charge in [0.15, 0.2) is 0 Å². The topological polar surface area (TPSA) is 0 Å². The summed E-state index contributed by atoms with van der Waals surface area (Å²) < 4.78 is 65.7. The first-order chi connectivity index (χ1) is 14.3. The van der Waals surface area contributed by atoms with E-state index in [1.165, 1.54) is 30.0 Å². The molecule has 0 saturated carbocycles. The molecule has 0 radical (unpaired) electrons. The van der Waals surface area contributed by atoms with Gasteiger partial charge in [-0.15, -0.1) is 0 Å². The third-order valence-corrected chi connectivity index (χ3v) is 5.24. The number of allylic oxidation sites excluding steroid dienone is 2. The van der Waals surface area contributed by atoms with E-state index in [-0.39, 0.29) is 10.8 Å². The molecule has 0 atom stereocenters. The maximum atomic E-state index is 14.6. The molecule has 1 aliphatic rings. The zero-order chi connectivity index (χ0) is 21.3. The average molecular weight is 412 g/mol. The van der Waals surface area contributed by atoms with Crippen molar-refractivity contribution in [1.82, 2.24) is 0 Å². The Balaban J connectivity index is 1.70. The molecule has 4 rings (SSSR count). The van der Waals surface area contributed by atoms with Crippen LogP contribution in [-0.4, -0.2) is 6.18 Å². The number of fused-ring (bicyclic) bond motifs is 1. The van der Waals surface area contributed by atoms with Gasteiger partial charge in [-0.2, -0.15) is 13.2 Å². The third-order valence-electron chi connectivity index (χ3n) is 5.24. The molecule has 1 aliphatic carbocycles. The summed E-state index contributed by atoms with van der Waals surface area (Å²) in [5.41, 5.74) is 3.28. The van der Waals surface area contributed by atoms with Crippen molar-refractivity contribution in [2.45, 2.75) is 31.9 Å². The summed E-state index contributed by atoms with van der Waals surface area (Å²) in [4.78, 5) is 0. The van der Waals surface area contributed by atoms with Crippen molar-refractivity contribution in [2.24, 2.45) is 0 Å². The maximum absolute atomic E-state index is 14.6. The molecule has 3 aromatic carbocycles. The van der Waals surface area contributed by atoms with E-state index in [1.54, 1.807) is 18.1 Å². The van der Waals surface area contributed by atoms with Crippen molar-refractivity contribution >= 4 is 16.3 Å². The van der Waals surface area contributed by atoms with Crippen molar-refractivity contribution in [3.8, 4) is 23.0 Å². The molecule has 0 aliphatic heterocycles. The summed E-state index contributed by atoms with van der Waals surface area (Å²) in [6, 6.07) is 13.7. The Bertz CT molecular complexity index is 1190. The highest BCUT2D eigenvalue weighted by atomic mass is 19.4. The summed E-state index contributed by atoms with van der Waals surface area (Å²) in [5.74, 6) is 0.279.